The maximum Gasteiger partial charge on any atom is 0.156 e. The predicted octanol–water partition coefficient (Wildman–Crippen LogP) is 1.35. The summed E-state index contributed by atoms with van der Waals surface area (Å²) >= 11 is 0. The largest absolute Gasteiger partial charge is 0.306 e. The average Bonchev–Trinajstić information content (AvgIpc) is 2.82. The first-order valence-corrected chi connectivity index (χ1v) is 6.26. The zero-order valence-electron chi connectivity index (χ0n) is 10.4. The highest BCUT2D eigenvalue weighted by molar-refractivity contribution is 5.76. The third-order valence-electron chi connectivity index (χ3n) is 3.60. The fourth-order valence-electron chi connectivity index (χ4n) is 2.43. The van der Waals surface area contributed by atoms with Crippen molar-refractivity contribution in [1.29, 1.82) is 0 Å². The molecule has 1 aliphatic rings. The Labute approximate surface area is 105 Å². The number of rotatable bonds is 2. The van der Waals surface area contributed by atoms with E-state index in [1.807, 2.05) is 0 Å². The minimum Gasteiger partial charge on any atom is -0.306 e. The van der Waals surface area contributed by atoms with Crippen LogP contribution in [0.2, 0.25) is 0 Å². The number of pyridine rings is 1. The molecule has 0 radical (unpaired) electrons. The number of piperidine rings is 1. The van der Waals surface area contributed by atoms with Gasteiger partial charge in [-0.2, -0.15) is 5.10 Å². The highest BCUT2D eigenvalue weighted by atomic mass is 16.1. The molecule has 0 spiro atoms. The first-order chi connectivity index (χ1) is 8.76. The van der Waals surface area contributed by atoms with Crippen LogP contribution in [0.4, 0.5) is 0 Å². The standard InChI is InChI=1S/C13H16N4O/c1-16-5-3-11(4-6-16)13-14-12-8-10(9-18)2-7-17(12)15-13/h2,7-9,11H,3-6H2,1H3. The van der Waals surface area contributed by atoms with Crippen molar-refractivity contribution in [1.82, 2.24) is 19.5 Å². The van der Waals surface area contributed by atoms with Gasteiger partial charge in [0.25, 0.3) is 0 Å². The van der Waals surface area contributed by atoms with Gasteiger partial charge in [-0.3, -0.25) is 4.79 Å². The van der Waals surface area contributed by atoms with Crippen molar-refractivity contribution in [2.24, 2.45) is 0 Å². The molecule has 0 aliphatic carbocycles. The van der Waals surface area contributed by atoms with Crippen LogP contribution in [-0.2, 0) is 0 Å². The molecule has 5 nitrogen and oxygen atoms in total. The van der Waals surface area contributed by atoms with E-state index in [0.717, 1.165) is 43.7 Å². The fraction of sp³-hybridized carbons (Fsp3) is 0.462. The highest BCUT2D eigenvalue weighted by Gasteiger charge is 2.22. The second-order valence-electron chi connectivity index (χ2n) is 4.93. The summed E-state index contributed by atoms with van der Waals surface area (Å²) in [6.45, 7) is 2.19. The van der Waals surface area contributed by atoms with Gasteiger partial charge < -0.3 is 4.90 Å². The van der Waals surface area contributed by atoms with Crippen LogP contribution in [0.25, 0.3) is 5.65 Å². The van der Waals surface area contributed by atoms with Crippen LogP contribution in [-0.4, -0.2) is 45.9 Å². The van der Waals surface area contributed by atoms with E-state index in [9.17, 15) is 4.79 Å². The van der Waals surface area contributed by atoms with Crippen LogP contribution in [0.15, 0.2) is 18.3 Å². The molecule has 18 heavy (non-hydrogen) atoms. The van der Waals surface area contributed by atoms with Gasteiger partial charge in [0.2, 0.25) is 0 Å². The highest BCUT2D eigenvalue weighted by Crippen LogP contribution is 2.25. The number of aldehydes is 1. The normalized spacial score (nSPS) is 18.3. The molecule has 94 valence electrons. The Bertz CT molecular complexity index is 569. The minimum absolute atomic E-state index is 0.445. The molecular weight excluding hydrogens is 228 g/mol. The summed E-state index contributed by atoms with van der Waals surface area (Å²) in [7, 11) is 2.14. The zero-order valence-corrected chi connectivity index (χ0v) is 10.4. The molecule has 2 aromatic heterocycles. The molecule has 0 atom stereocenters. The number of nitrogens with zero attached hydrogens (tertiary/aromatic N) is 4. The van der Waals surface area contributed by atoms with E-state index < -0.39 is 0 Å². The van der Waals surface area contributed by atoms with E-state index in [-0.39, 0.29) is 0 Å². The van der Waals surface area contributed by atoms with E-state index in [4.69, 9.17) is 0 Å². The van der Waals surface area contributed by atoms with Gasteiger partial charge >= 0.3 is 0 Å². The second kappa shape index (κ2) is 4.49. The number of aromatic nitrogens is 3. The third-order valence-corrected chi connectivity index (χ3v) is 3.60. The quantitative estimate of drug-likeness (QED) is 0.748. The van der Waals surface area contributed by atoms with Gasteiger partial charge in [0.05, 0.1) is 0 Å². The summed E-state index contributed by atoms with van der Waals surface area (Å²) in [6, 6.07) is 3.53. The van der Waals surface area contributed by atoms with E-state index in [0.29, 0.717) is 11.5 Å². The van der Waals surface area contributed by atoms with Gasteiger partial charge in [-0.25, -0.2) is 9.50 Å². The lowest BCUT2D eigenvalue weighted by atomic mass is 9.97. The SMILES string of the molecule is CN1CCC(c2nc3cc(C=O)ccn3n2)CC1. The Morgan fingerprint density at radius 3 is 2.89 bits per heavy atom. The predicted molar refractivity (Wildman–Crippen MR) is 67.8 cm³/mol. The van der Waals surface area contributed by atoms with Crippen LogP contribution < -0.4 is 0 Å². The molecule has 0 N–H and O–H groups in total. The summed E-state index contributed by atoms with van der Waals surface area (Å²) < 4.78 is 1.75. The summed E-state index contributed by atoms with van der Waals surface area (Å²) in [5.41, 5.74) is 1.40. The molecule has 1 saturated heterocycles. The maximum atomic E-state index is 10.7. The number of hydrogen-bond donors (Lipinski definition) is 0. The molecule has 0 amide bonds. The zero-order chi connectivity index (χ0) is 12.5. The van der Waals surface area contributed by atoms with Crippen molar-refractivity contribution in [2.75, 3.05) is 20.1 Å². The van der Waals surface area contributed by atoms with Crippen LogP contribution in [0, 0.1) is 0 Å². The van der Waals surface area contributed by atoms with Crippen molar-refractivity contribution >= 4 is 11.9 Å². The number of fused-ring (bicyclic) bond motifs is 1. The van der Waals surface area contributed by atoms with Crippen LogP contribution >= 0.6 is 0 Å². The molecule has 0 aromatic carbocycles. The van der Waals surface area contributed by atoms with Crippen LogP contribution in [0.5, 0.6) is 0 Å². The molecule has 1 fully saturated rings. The Morgan fingerprint density at radius 2 is 2.17 bits per heavy atom. The van der Waals surface area contributed by atoms with Crippen molar-refractivity contribution in [3.8, 4) is 0 Å². The van der Waals surface area contributed by atoms with Crippen molar-refractivity contribution in [2.45, 2.75) is 18.8 Å². The molecule has 3 rings (SSSR count). The van der Waals surface area contributed by atoms with Gasteiger partial charge in [-0.1, -0.05) is 0 Å². The molecular formula is C13H16N4O. The van der Waals surface area contributed by atoms with E-state index in [1.165, 1.54) is 0 Å². The molecule has 3 heterocycles. The van der Waals surface area contributed by atoms with Crippen molar-refractivity contribution in [3.05, 3.63) is 29.7 Å². The summed E-state index contributed by atoms with van der Waals surface area (Å²) in [4.78, 5) is 17.6. The van der Waals surface area contributed by atoms with E-state index >= 15 is 0 Å². The Balaban J connectivity index is 1.91. The molecule has 5 heteroatoms. The Morgan fingerprint density at radius 1 is 1.39 bits per heavy atom. The van der Waals surface area contributed by atoms with Gasteiger partial charge in [-0.15, -0.1) is 0 Å². The molecule has 1 aliphatic heterocycles. The fourth-order valence-corrected chi connectivity index (χ4v) is 2.43. The summed E-state index contributed by atoms with van der Waals surface area (Å²) in [5.74, 6) is 1.35. The van der Waals surface area contributed by atoms with Gasteiger partial charge in [0.15, 0.2) is 11.5 Å². The lowest BCUT2D eigenvalue weighted by Gasteiger charge is -2.26. The number of carbonyl (C=O) groups is 1. The summed E-state index contributed by atoms with van der Waals surface area (Å²) in [5, 5.41) is 4.51. The molecule has 2 aromatic rings. The van der Waals surface area contributed by atoms with Gasteiger partial charge in [0.1, 0.15) is 6.29 Å². The number of hydrogen-bond acceptors (Lipinski definition) is 4. The van der Waals surface area contributed by atoms with E-state index in [1.54, 1.807) is 22.8 Å². The summed E-state index contributed by atoms with van der Waals surface area (Å²) in [6.07, 6.45) is 4.84. The third kappa shape index (κ3) is 2.01. The monoisotopic (exact) mass is 244 g/mol. The second-order valence-corrected chi connectivity index (χ2v) is 4.93. The Kier molecular flexibility index (Phi) is 2.83. The molecule has 0 saturated carbocycles. The smallest absolute Gasteiger partial charge is 0.156 e. The van der Waals surface area contributed by atoms with Crippen LogP contribution in [0.3, 0.4) is 0 Å². The number of carbonyl (C=O) groups excluding carboxylic acids is 1. The number of likely N-dealkylation sites (tertiary alicyclic amines) is 1. The lowest BCUT2D eigenvalue weighted by Crippen LogP contribution is -2.29. The van der Waals surface area contributed by atoms with Crippen molar-refractivity contribution < 1.29 is 4.79 Å². The molecule has 0 unspecified atom stereocenters. The Hall–Kier alpha value is -1.75. The van der Waals surface area contributed by atoms with Crippen LogP contribution in [0.1, 0.15) is 34.9 Å². The van der Waals surface area contributed by atoms with E-state index in [2.05, 4.69) is 22.0 Å². The lowest BCUT2D eigenvalue weighted by molar-refractivity contribution is 0.112. The van der Waals surface area contributed by atoms with Gasteiger partial charge in [0, 0.05) is 17.7 Å². The van der Waals surface area contributed by atoms with Gasteiger partial charge in [-0.05, 0) is 45.1 Å². The minimum atomic E-state index is 0.445. The maximum absolute atomic E-state index is 10.7. The van der Waals surface area contributed by atoms with Crippen molar-refractivity contribution in [3.63, 3.8) is 0 Å². The first kappa shape index (κ1) is 11.3. The first-order valence-electron chi connectivity index (χ1n) is 6.26. The average molecular weight is 244 g/mol. The topological polar surface area (TPSA) is 50.5 Å². The molecule has 0 bridgehead atoms.